The topological polar surface area (TPSA) is 26.0 Å². The van der Waals surface area contributed by atoms with Crippen LogP contribution in [0, 0.1) is 6.92 Å². The summed E-state index contributed by atoms with van der Waals surface area (Å²) in [5, 5.41) is 2.46. The van der Waals surface area contributed by atoms with Crippen molar-refractivity contribution in [2.45, 2.75) is 35.8 Å². The standard InChI is InChI=1S/C15H19NS2/c1-3-13(16)15(18-14-9-6-10-17-14)12-8-5-4-7-11(12)2/h4-10,13,15H,3,16H2,1-2H3. The van der Waals surface area contributed by atoms with Gasteiger partial charge in [-0.2, -0.15) is 0 Å². The molecule has 0 aliphatic rings. The van der Waals surface area contributed by atoms with Crippen LogP contribution in [-0.2, 0) is 0 Å². The summed E-state index contributed by atoms with van der Waals surface area (Å²) in [5.41, 5.74) is 9.01. The minimum Gasteiger partial charge on any atom is -0.326 e. The van der Waals surface area contributed by atoms with Gasteiger partial charge in [-0.3, -0.25) is 0 Å². The highest BCUT2D eigenvalue weighted by molar-refractivity contribution is 8.01. The maximum Gasteiger partial charge on any atom is 0.0605 e. The number of hydrogen-bond donors (Lipinski definition) is 1. The predicted octanol–water partition coefficient (Wildman–Crippen LogP) is 4.63. The van der Waals surface area contributed by atoms with E-state index in [-0.39, 0.29) is 6.04 Å². The molecule has 2 aromatic rings. The third-order valence-corrected chi connectivity index (χ3v) is 5.56. The fraction of sp³-hybridized carbons (Fsp3) is 0.333. The minimum atomic E-state index is 0.193. The van der Waals surface area contributed by atoms with Crippen LogP contribution in [-0.4, -0.2) is 6.04 Å². The van der Waals surface area contributed by atoms with Gasteiger partial charge in [0.1, 0.15) is 0 Å². The molecule has 0 saturated heterocycles. The number of aryl methyl sites for hydroxylation is 1. The highest BCUT2D eigenvalue weighted by Gasteiger charge is 2.21. The fourth-order valence-electron chi connectivity index (χ4n) is 1.96. The summed E-state index contributed by atoms with van der Waals surface area (Å²) in [6.07, 6.45) is 0.997. The summed E-state index contributed by atoms with van der Waals surface area (Å²) >= 11 is 3.68. The molecule has 1 heterocycles. The Morgan fingerprint density at radius 2 is 2.00 bits per heavy atom. The minimum absolute atomic E-state index is 0.193. The van der Waals surface area contributed by atoms with Crippen molar-refractivity contribution in [2.75, 3.05) is 0 Å². The van der Waals surface area contributed by atoms with Crippen LogP contribution in [0.4, 0.5) is 0 Å². The molecule has 1 nitrogen and oxygen atoms in total. The Hall–Kier alpha value is -0.770. The maximum atomic E-state index is 6.32. The summed E-state index contributed by atoms with van der Waals surface area (Å²) in [5.74, 6) is 0. The van der Waals surface area contributed by atoms with Crippen LogP contribution >= 0.6 is 23.1 Å². The van der Waals surface area contributed by atoms with Crippen molar-refractivity contribution in [3.63, 3.8) is 0 Å². The van der Waals surface area contributed by atoms with Gasteiger partial charge in [-0.25, -0.2) is 0 Å². The normalized spacial score (nSPS) is 14.4. The van der Waals surface area contributed by atoms with E-state index < -0.39 is 0 Å². The van der Waals surface area contributed by atoms with Gasteiger partial charge >= 0.3 is 0 Å². The highest BCUT2D eigenvalue weighted by Crippen LogP contribution is 2.41. The molecule has 2 atom stereocenters. The number of benzene rings is 1. The summed E-state index contributed by atoms with van der Waals surface area (Å²) < 4.78 is 1.34. The summed E-state index contributed by atoms with van der Waals surface area (Å²) in [6, 6.07) is 13.0. The average Bonchev–Trinajstić information content (AvgIpc) is 2.89. The molecule has 3 heteroatoms. The first-order valence-corrected chi connectivity index (χ1v) is 7.99. The van der Waals surface area contributed by atoms with Crippen LogP contribution in [0.3, 0.4) is 0 Å². The molecule has 2 rings (SSSR count). The van der Waals surface area contributed by atoms with E-state index in [0.717, 1.165) is 6.42 Å². The van der Waals surface area contributed by atoms with Crippen LogP contribution in [0.15, 0.2) is 46.0 Å². The second kappa shape index (κ2) is 6.41. The van der Waals surface area contributed by atoms with E-state index in [9.17, 15) is 0 Å². The lowest BCUT2D eigenvalue weighted by Gasteiger charge is -2.23. The Balaban J connectivity index is 2.28. The van der Waals surface area contributed by atoms with E-state index in [1.807, 2.05) is 11.8 Å². The maximum absolute atomic E-state index is 6.32. The van der Waals surface area contributed by atoms with Crippen LogP contribution in [0.2, 0.25) is 0 Å². The molecule has 96 valence electrons. The fourth-order valence-corrected chi connectivity index (χ4v) is 4.27. The molecule has 18 heavy (non-hydrogen) atoms. The first-order chi connectivity index (χ1) is 8.72. The second-order valence-electron chi connectivity index (χ2n) is 4.40. The van der Waals surface area contributed by atoms with Gasteiger partial charge in [-0.1, -0.05) is 37.3 Å². The average molecular weight is 277 g/mol. The second-order valence-corrected chi connectivity index (χ2v) is 6.79. The molecular weight excluding hydrogens is 258 g/mol. The lowest BCUT2D eigenvalue weighted by Crippen LogP contribution is -2.26. The van der Waals surface area contributed by atoms with E-state index in [1.54, 1.807) is 11.3 Å². The Labute approximate surface area is 117 Å². The Morgan fingerprint density at radius 1 is 1.22 bits per heavy atom. The smallest absolute Gasteiger partial charge is 0.0605 e. The molecule has 0 radical (unpaired) electrons. The summed E-state index contributed by atoms with van der Waals surface area (Å²) in [7, 11) is 0. The van der Waals surface area contributed by atoms with Crippen LogP contribution in [0.25, 0.3) is 0 Å². The zero-order valence-corrected chi connectivity index (χ0v) is 12.4. The summed E-state index contributed by atoms with van der Waals surface area (Å²) in [4.78, 5) is 0. The molecule has 2 N–H and O–H groups in total. The van der Waals surface area contributed by atoms with Crippen molar-refractivity contribution in [2.24, 2.45) is 5.73 Å². The Bertz CT molecular complexity index is 479. The molecule has 0 aliphatic heterocycles. The van der Waals surface area contributed by atoms with Crippen molar-refractivity contribution < 1.29 is 0 Å². The number of hydrogen-bond acceptors (Lipinski definition) is 3. The van der Waals surface area contributed by atoms with Crippen LogP contribution in [0.1, 0.15) is 29.7 Å². The van der Waals surface area contributed by atoms with Gasteiger partial charge in [-0.15, -0.1) is 23.1 Å². The molecule has 0 fully saturated rings. The first kappa shape index (κ1) is 13.7. The highest BCUT2D eigenvalue weighted by atomic mass is 32.2. The predicted molar refractivity (Wildman–Crippen MR) is 82.4 cm³/mol. The van der Waals surface area contributed by atoms with E-state index in [4.69, 9.17) is 5.73 Å². The SMILES string of the molecule is CCC(N)C(Sc1cccs1)c1ccccc1C. The third-order valence-electron chi connectivity index (χ3n) is 3.09. The Kier molecular flexibility index (Phi) is 4.87. The lowest BCUT2D eigenvalue weighted by atomic mass is 10.00. The lowest BCUT2D eigenvalue weighted by molar-refractivity contribution is 0.632. The molecule has 2 unspecified atom stereocenters. The summed E-state index contributed by atoms with van der Waals surface area (Å²) in [6.45, 7) is 4.32. The van der Waals surface area contributed by atoms with Crippen molar-refractivity contribution >= 4 is 23.1 Å². The van der Waals surface area contributed by atoms with Crippen molar-refractivity contribution in [3.8, 4) is 0 Å². The molecule has 0 amide bonds. The van der Waals surface area contributed by atoms with Crippen molar-refractivity contribution in [3.05, 3.63) is 52.9 Å². The number of rotatable bonds is 5. The third kappa shape index (κ3) is 3.16. The van der Waals surface area contributed by atoms with Crippen molar-refractivity contribution in [1.29, 1.82) is 0 Å². The van der Waals surface area contributed by atoms with Gasteiger partial charge in [-0.05, 0) is 35.9 Å². The van der Waals surface area contributed by atoms with Gasteiger partial charge in [0.2, 0.25) is 0 Å². The monoisotopic (exact) mass is 277 g/mol. The molecule has 1 aromatic carbocycles. The number of thioether (sulfide) groups is 1. The van der Waals surface area contributed by atoms with Gasteiger partial charge in [0.05, 0.1) is 9.46 Å². The van der Waals surface area contributed by atoms with E-state index in [1.165, 1.54) is 15.3 Å². The van der Waals surface area contributed by atoms with E-state index >= 15 is 0 Å². The van der Waals surface area contributed by atoms with Gasteiger partial charge in [0, 0.05) is 6.04 Å². The zero-order valence-electron chi connectivity index (χ0n) is 10.8. The van der Waals surface area contributed by atoms with Crippen LogP contribution in [0.5, 0.6) is 0 Å². The van der Waals surface area contributed by atoms with Gasteiger partial charge < -0.3 is 5.73 Å². The zero-order chi connectivity index (χ0) is 13.0. The first-order valence-electron chi connectivity index (χ1n) is 6.23. The number of thiophene rings is 1. The molecule has 0 spiro atoms. The Morgan fingerprint density at radius 3 is 2.61 bits per heavy atom. The number of nitrogens with two attached hydrogens (primary N) is 1. The molecular formula is C15H19NS2. The van der Waals surface area contributed by atoms with Crippen molar-refractivity contribution in [1.82, 2.24) is 0 Å². The molecule has 0 aliphatic carbocycles. The van der Waals surface area contributed by atoms with Gasteiger partial charge in [0.15, 0.2) is 0 Å². The molecule has 0 saturated carbocycles. The van der Waals surface area contributed by atoms with Crippen LogP contribution < -0.4 is 5.73 Å². The van der Waals surface area contributed by atoms with E-state index in [0.29, 0.717) is 5.25 Å². The largest absolute Gasteiger partial charge is 0.326 e. The van der Waals surface area contributed by atoms with E-state index in [2.05, 4.69) is 55.6 Å². The molecule has 0 bridgehead atoms. The molecule has 1 aromatic heterocycles. The van der Waals surface area contributed by atoms with Gasteiger partial charge in [0.25, 0.3) is 0 Å². The quantitative estimate of drug-likeness (QED) is 0.807.